The second-order valence-corrected chi connectivity index (χ2v) is 6.90. The highest BCUT2D eigenvalue weighted by atomic mass is 32.1. The Morgan fingerprint density at radius 2 is 2.30 bits per heavy atom. The molecule has 1 aliphatic carbocycles. The zero-order valence-corrected chi connectivity index (χ0v) is 11.9. The molecule has 1 saturated carbocycles. The fourth-order valence-electron chi connectivity index (χ4n) is 3.78. The zero-order valence-electron chi connectivity index (χ0n) is 11.1. The van der Waals surface area contributed by atoms with Crippen molar-refractivity contribution >= 4 is 32.7 Å². The molecule has 5 heteroatoms. The fourth-order valence-corrected chi connectivity index (χ4v) is 4.75. The number of carboxylic acid groups (broad SMARTS) is 1. The maximum Gasteiger partial charge on any atom is 0.311 e. The second kappa shape index (κ2) is 4.19. The van der Waals surface area contributed by atoms with Crippen LogP contribution in [0.25, 0.3) is 10.2 Å². The third-order valence-electron chi connectivity index (χ3n) is 4.85. The average molecular weight is 288 g/mol. The number of hydrogen-bond acceptors (Lipinski definition) is 4. The highest BCUT2D eigenvalue weighted by Crippen LogP contribution is 2.50. The van der Waals surface area contributed by atoms with E-state index in [0.717, 1.165) is 36.5 Å². The summed E-state index contributed by atoms with van der Waals surface area (Å²) in [5.74, 6) is -0.337. The van der Waals surface area contributed by atoms with Gasteiger partial charge in [-0.2, -0.15) is 0 Å². The van der Waals surface area contributed by atoms with Crippen LogP contribution in [0.15, 0.2) is 24.3 Å². The molecule has 0 unspecified atom stereocenters. The lowest BCUT2D eigenvalue weighted by atomic mass is 9.81. The van der Waals surface area contributed by atoms with Crippen LogP contribution in [0.2, 0.25) is 0 Å². The van der Waals surface area contributed by atoms with Crippen molar-refractivity contribution in [3.8, 4) is 0 Å². The van der Waals surface area contributed by atoms with Crippen molar-refractivity contribution in [1.82, 2.24) is 4.98 Å². The van der Waals surface area contributed by atoms with Gasteiger partial charge in [-0.1, -0.05) is 29.9 Å². The third kappa shape index (κ3) is 1.59. The SMILES string of the molecule is O=C(O)[C@@]12CCC[C@H]1CN(c1nc3ccccc3s1)C2. The van der Waals surface area contributed by atoms with E-state index in [2.05, 4.69) is 16.0 Å². The predicted molar refractivity (Wildman–Crippen MR) is 79.2 cm³/mol. The molecule has 0 amide bonds. The lowest BCUT2D eigenvalue weighted by molar-refractivity contribution is -0.149. The summed E-state index contributed by atoms with van der Waals surface area (Å²) >= 11 is 1.67. The number of nitrogens with zero attached hydrogens (tertiary/aromatic N) is 2. The van der Waals surface area contributed by atoms with Crippen molar-refractivity contribution in [2.45, 2.75) is 19.3 Å². The summed E-state index contributed by atoms with van der Waals surface area (Å²) in [6.07, 6.45) is 2.90. The first-order valence-electron chi connectivity index (χ1n) is 7.03. The molecule has 20 heavy (non-hydrogen) atoms. The van der Waals surface area contributed by atoms with E-state index in [-0.39, 0.29) is 5.92 Å². The van der Waals surface area contributed by atoms with E-state index in [4.69, 9.17) is 0 Å². The third-order valence-corrected chi connectivity index (χ3v) is 5.95. The van der Waals surface area contributed by atoms with Gasteiger partial charge in [0, 0.05) is 13.1 Å². The second-order valence-electron chi connectivity index (χ2n) is 5.90. The van der Waals surface area contributed by atoms with Crippen LogP contribution in [0.3, 0.4) is 0 Å². The van der Waals surface area contributed by atoms with Crippen LogP contribution in [0.4, 0.5) is 5.13 Å². The van der Waals surface area contributed by atoms with Crippen molar-refractivity contribution in [1.29, 1.82) is 0 Å². The molecule has 1 aliphatic heterocycles. The van der Waals surface area contributed by atoms with Crippen LogP contribution in [-0.2, 0) is 4.79 Å². The molecule has 0 spiro atoms. The largest absolute Gasteiger partial charge is 0.481 e. The minimum atomic E-state index is -0.622. The Morgan fingerprint density at radius 1 is 1.45 bits per heavy atom. The molecule has 2 aromatic rings. The first-order chi connectivity index (χ1) is 9.69. The van der Waals surface area contributed by atoms with E-state index in [1.165, 1.54) is 4.70 Å². The summed E-state index contributed by atoms with van der Waals surface area (Å²) in [6, 6.07) is 8.09. The molecule has 2 fully saturated rings. The Bertz CT molecular complexity index is 650. The lowest BCUT2D eigenvalue weighted by Gasteiger charge is -2.22. The molecular formula is C15H16N2O2S. The van der Waals surface area contributed by atoms with E-state index >= 15 is 0 Å². The molecule has 1 aromatic carbocycles. The number of rotatable bonds is 2. The van der Waals surface area contributed by atoms with Crippen LogP contribution >= 0.6 is 11.3 Å². The van der Waals surface area contributed by atoms with Crippen molar-refractivity contribution in [2.75, 3.05) is 18.0 Å². The van der Waals surface area contributed by atoms with Crippen LogP contribution in [0.5, 0.6) is 0 Å². The van der Waals surface area contributed by atoms with Crippen molar-refractivity contribution in [3.63, 3.8) is 0 Å². The van der Waals surface area contributed by atoms with Crippen LogP contribution < -0.4 is 4.90 Å². The summed E-state index contributed by atoms with van der Waals surface area (Å²) in [5, 5.41) is 10.6. The standard InChI is InChI=1S/C15H16N2O2S/c18-13(19)15-7-3-4-10(15)8-17(9-15)14-16-11-5-1-2-6-12(11)20-14/h1-2,5-6,10H,3-4,7-9H2,(H,18,19)/t10-,15+/m0/s1. The van der Waals surface area contributed by atoms with Gasteiger partial charge in [0.25, 0.3) is 0 Å². The molecule has 2 aliphatic rings. The van der Waals surface area contributed by atoms with E-state index in [0.29, 0.717) is 6.54 Å². The first-order valence-corrected chi connectivity index (χ1v) is 7.85. The maximum absolute atomic E-state index is 11.7. The number of hydrogen-bond donors (Lipinski definition) is 1. The predicted octanol–water partition coefficient (Wildman–Crippen LogP) is 2.99. The molecule has 4 rings (SSSR count). The zero-order chi connectivity index (χ0) is 13.7. The van der Waals surface area contributed by atoms with E-state index in [9.17, 15) is 9.90 Å². The van der Waals surface area contributed by atoms with Gasteiger partial charge in [-0.25, -0.2) is 4.98 Å². The number of aromatic nitrogens is 1. The number of anilines is 1. The molecule has 1 N–H and O–H groups in total. The van der Waals surface area contributed by atoms with E-state index < -0.39 is 11.4 Å². The number of fused-ring (bicyclic) bond motifs is 2. The Hall–Kier alpha value is -1.62. The smallest absolute Gasteiger partial charge is 0.311 e. The normalized spacial score (nSPS) is 29.0. The fraction of sp³-hybridized carbons (Fsp3) is 0.467. The topological polar surface area (TPSA) is 53.4 Å². The van der Waals surface area contributed by atoms with Gasteiger partial charge in [-0.15, -0.1) is 0 Å². The number of carboxylic acids is 1. The highest BCUT2D eigenvalue weighted by molar-refractivity contribution is 7.22. The molecule has 4 nitrogen and oxygen atoms in total. The van der Waals surface area contributed by atoms with Crippen LogP contribution in [0.1, 0.15) is 19.3 Å². The van der Waals surface area contributed by atoms with E-state index in [1.54, 1.807) is 11.3 Å². The van der Waals surface area contributed by atoms with Gasteiger partial charge in [0.1, 0.15) is 0 Å². The maximum atomic E-state index is 11.7. The quantitative estimate of drug-likeness (QED) is 0.923. The van der Waals surface area contributed by atoms with Crippen molar-refractivity contribution < 1.29 is 9.90 Å². The summed E-state index contributed by atoms with van der Waals surface area (Å²) < 4.78 is 1.17. The Labute approximate surface area is 121 Å². The molecule has 104 valence electrons. The lowest BCUT2D eigenvalue weighted by Crippen LogP contribution is -2.35. The molecule has 2 heterocycles. The first kappa shape index (κ1) is 12.1. The van der Waals surface area contributed by atoms with Gasteiger partial charge in [-0.3, -0.25) is 4.79 Å². The molecule has 2 atom stereocenters. The summed E-state index contributed by atoms with van der Waals surface area (Å²) in [5.41, 5.74) is 0.478. The number of carbonyl (C=O) groups is 1. The minimum Gasteiger partial charge on any atom is -0.481 e. The van der Waals surface area contributed by atoms with Crippen LogP contribution in [0, 0.1) is 11.3 Å². The van der Waals surface area contributed by atoms with Crippen LogP contribution in [-0.4, -0.2) is 29.1 Å². The Morgan fingerprint density at radius 3 is 3.05 bits per heavy atom. The number of aliphatic carboxylic acids is 1. The summed E-state index contributed by atoms with van der Waals surface area (Å²) in [6.45, 7) is 1.46. The monoisotopic (exact) mass is 288 g/mol. The highest BCUT2D eigenvalue weighted by Gasteiger charge is 2.55. The summed E-state index contributed by atoms with van der Waals surface area (Å²) in [7, 11) is 0. The molecule has 1 saturated heterocycles. The van der Waals surface area contributed by atoms with Gasteiger partial charge < -0.3 is 10.0 Å². The van der Waals surface area contributed by atoms with Gasteiger partial charge in [-0.05, 0) is 30.9 Å². The molecule has 1 aromatic heterocycles. The van der Waals surface area contributed by atoms with Crippen molar-refractivity contribution in [2.24, 2.45) is 11.3 Å². The number of thiazole rings is 1. The number of para-hydroxylation sites is 1. The van der Waals surface area contributed by atoms with Crippen molar-refractivity contribution in [3.05, 3.63) is 24.3 Å². The van der Waals surface area contributed by atoms with Gasteiger partial charge in [0.05, 0.1) is 15.6 Å². The summed E-state index contributed by atoms with van der Waals surface area (Å²) in [4.78, 5) is 18.6. The number of benzene rings is 1. The minimum absolute atomic E-state index is 0.284. The molecule has 0 bridgehead atoms. The molecular weight excluding hydrogens is 272 g/mol. The van der Waals surface area contributed by atoms with E-state index in [1.807, 2.05) is 18.2 Å². The van der Waals surface area contributed by atoms with Gasteiger partial charge >= 0.3 is 5.97 Å². The average Bonchev–Trinajstić information content (AvgIpc) is 3.09. The van der Waals surface area contributed by atoms with Gasteiger partial charge in [0.15, 0.2) is 5.13 Å². The molecule has 0 radical (unpaired) electrons. The van der Waals surface area contributed by atoms with Gasteiger partial charge in [0.2, 0.25) is 0 Å². The Kier molecular flexibility index (Phi) is 2.54. The Balaban J connectivity index is 1.69.